The highest BCUT2D eigenvalue weighted by Gasteiger charge is 2.25. The fourth-order valence-electron chi connectivity index (χ4n) is 3.28. The summed E-state index contributed by atoms with van der Waals surface area (Å²) in [4.78, 5) is 19.1. The summed E-state index contributed by atoms with van der Waals surface area (Å²) in [5.41, 5.74) is 2.27. The molecular formula is C20H23N3O2. The second-order valence-electron chi connectivity index (χ2n) is 6.96. The quantitative estimate of drug-likeness (QED) is 0.668. The van der Waals surface area contributed by atoms with Gasteiger partial charge in [-0.1, -0.05) is 0 Å². The molecule has 1 saturated carbocycles. The molecular weight excluding hydrogens is 314 g/mol. The largest absolute Gasteiger partial charge is 0.507 e. The summed E-state index contributed by atoms with van der Waals surface area (Å²) in [5.74, 6) is 0.430. The van der Waals surface area contributed by atoms with Crippen LogP contribution in [0.4, 0.5) is 0 Å². The SMILES string of the molecule is O=C(/C=C/N1CCCCC1)c1cc(-n2cnc(C3CC3)c2)ccc1O. The van der Waals surface area contributed by atoms with E-state index in [4.69, 9.17) is 0 Å². The predicted octanol–water partition coefficient (Wildman–Crippen LogP) is 3.64. The van der Waals surface area contributed by atoms with Crippen LogP contribution in [0, 0.1) is 0 Å². The van der Waals surface area contributed by atoms with Gasteiger partial charge in [-0.15, -0.1) is 0 Å². The summed E-state index contributed by atoms with van der Waals surface area (Å²) in [6, 6.07) is 5.11. The van der Waals surface area contributed by atoms with Crippen LogP contribution in [-0.4, -0.2) is 38.4 Å². The zero-order valence-electron chi connectivity index (χ0n) is 14.3. The van der Waals surface area contributed by atoms with Crippen LogP contribution < -0.4 is 0 Å². The molecule has 2 aromatic rings. The third kappa shape index (κ3) is 3.60. The molecule has 0 unspecified atom stereocenters. The van der Waals surface area contributed by atoms with E-state index in [0.29, 0.717) is 11.5 Å². The lowest BCUT2D eigenvalue weighted by Gasteiger charge is -2.24. The van der Waals surface area contributed by atoms with Crippen LogP contribution in [0.25, 0.3) is 5.69 Å². The topological polar surface area (TPSA) is 58.4 Å². The van der Waals surface area contributed by atoms with Crippen molar-refractivity contribution in [1.29, 1.82) is 0 Å². The number of likely N-dealkylation sites (tertiary alicyclic amines) is 1. The number of piperidine rings is 1. The fraction of sp³-hybridized carbons (Fsp3) is 0.400. The van der Waals surface area contributed by atoms with E-state index in [0.717, 1.165) is 24.5 Å². The van der Waals surface area contributed by atoms with Gasteiger partial charge in [0.25, 0.3) is 0 Å². The summed E-state index contributed by atoms with van der Waals surface area (Å²) in [7, 11) is 0. The van der Waals surface area contributed by atoms with Gasteiger partial charge in [0.2, 0.25) is 0 Å². The number of nitrogens with zero attached hydrogens (tertiary/aromatic N) is 3. The van der Waals surface area contributed by atoms with Crippen molar-refractivity contribution >= 4 is 5.78 Å². The minimum Gasteiger partial charge on any atom is -0.507 e. The summed E-state index contributed by atoms with van der Waals surface area (Å²) < 4.78 is 1.91. The van der Waals surface area contributed by atoms with Crippen molar-refractivity contribution in [3.05, 3.63) is 54.3 Å². The summed E-state index contributed by atoms with van der Waals surface area (Å²) in [6.07, 6.45) is 13.2. The first-order valence-corrected chi connectivity index (χ1v) is 9.04. The molecule has 1 aliphatic carbocycles. The van der Waals surface area contributed by atoms with Gasteiger partial charge in [-0.25, -0.2) is 4.98 Å². The number of ketones is 1. The molecule has 1 aromatic carbocycles. The Morgan fingerprint density at radius 3 is 2.76 bits per heavy atom. The van der Waals surface area contributed by atoms with Crippen LogP contribution in [-0.2, 0) is 0 Å². The number of phenolic OH excluding ortho intramolecular Hbond substituents is 1. The number of benzene rings is 1. The van der Waals surface area contributed by atoms with Crippen molar-refractivity contribution in [3.8, 4) is 11.4 Å². The van der Waals surface area contributed by atoms with Gasteiger partial charge in [-0.3, -0.25) is 4.79 Å². The van der Waals surface area contributed by atoms with Crippen molar-refractivity contribution in [1.82, 2.24) is 14.5 Å². The number of hydrogen-bond acceptors (Lipinski definition) is 4. The molecule has 5 heteroatoms. The van der Waals surface area contributed by atoms with E-state index in [2.05, 4.69) is 9.88 Å². The Morgan fingerprint density at radius 1 is 1.20 bits per heavy atom. The van der Waals surface area contributed by atoms with E-state index in [1.165, 1.54) is 32.1 Å². The zero-order chi connectivity index (χ0) is 17.2. The minimum absolute atomic E-state index is 0.0135. The second-order valence-corrected chi connectivity index (χ2v) is 6.96. The fourth-order valence-corrected chi connectivity index (χ4v) is 3.28. The first kappa shape index (κ1) is 15.9. The van der Waals surface area contributed by atoms with Crippen LogP contribution in [0.5, 0.6) is 5.75 Å². The highest BCUT2D eigenvalue weighted by molar-refractivity contribution is 6.06. The van der Waals surface area contributed by atoms with E-state index in [-0.39, 0.29) is 11.5 Å². The summed E-state index contributed by atoms with van der Waals surface area (Å²) in [6.45, 7) is 1.99. The molecule has 2 aliphatic rings. The Balaban J connectivity index is 1.53. The third-order valence-electron chi connectivity index (χ3n) is 4.97. The molecule has 2 heterocycles. The van der Waals surface area contributed by atoms with Gasteiger partial charge in [-0.2, -0.15) is 0 Å². The highest BCUT2D eigenvalue weighted by atomic mass is 16.3. The number of imidazole rings is 1. The second kappa shape index (κ2) is 6.75. The molecule has 0 radical (unpaired) electrons. The first-order valence-electron chi connectivity index (χ1n) is 9.04. The number of hydrogen-bond donors (Lipinski definition) is 1. The molecule has 4 rings (SSSR count). The van der Waals surface area contributed by atoms with Crippen molar-refractivity contribution in [2.24, 2.45) is 0 Å². The van der Waals surface area contributed by atoms with E-state index in [1.807, 2.05) is 17.0 Å². The third-order valence-corrected chi connectivity index (χ3v) is 4.97. The van der Waals surface area contributed by atoms with Crippen molar-refractivity contribution in [3.63, 3.8) is 0 Å². The normalized spacial score (nSPS) is 18.0. The lowest BCUT2D eigenvalue weighted by molar-refractivity contribution is 0.104. The molecule has 1 saturated heterocycles. The molecule has 5 nitrogen and oxygen atoms in total. The van der Waals surface area contributed by atoms with E-state index < -0.39 is 0 Å². The number of aromatic nitrogens is 2. The molecule has 0 atom stereocenters. The number of phenols is 1. The van der Waals surface area contributed by atoms with E-state index in [1.54, 1.807) is 30.6 Å². The number of carbonyl (C=O) groups is 1. The van der Waals surface area contributed by atoms with Crippen LogP contribution in [0.1, 0.15) is 54.1 Å². The average molecular weight is 337 g/mol. The van der Waals surface area contributed by atoms with Crippen molar-refractivity contribution in [2.75, 3.05) is 13.1 Å². The number of allylic oxidation sites excluding steroid dienone is 1. The molecule has 1 aromatic heterocycles. The van der Waals surface area contributed by atoms with Crippen LogP contribution >= 0.6 is 0 Å². The van der Waals surface area contributed by atoms with Gasteiger partial charge < -0.3 is 14.6 Å². The summed E-state index contributed by atoms with van der Waals surface area (Å²) in [5, 5.41) is 10.1. The molecule has 130 valence electrons. The molecule has 0 spiro atoms. The smallest absolute Gasteiger partial charge is 0.191 e. The molecule has 25 heavy (non-hydrogen) atoms. The van der Waals surface area contributed by atoms with Gasteiger partial charge in [0.05, 0.1) is 17.6 Å². The maximum Gasteiger partial charge on any atom is 0.191 e. The van der Waals surface area contributed by atoms with Crippen LogP contribution in [0.3, 0.4) is 0 Å². The molecule has 1 aliphatic heterocycles. The Morgan fingerprint density at radius 2 is 2.00 bits per heavy atom. The first-order chi connectivity index (χ1) is 12.2. The maximum absolute atomic E-state index is 12.5. The van der Waals surface area contributed by atoms with Crippen LogP contribution in [0.15, 0.2) is 43.0 Å². The van der Waals surface area contributed by atoms with Gasteiger partial charge in [0, 0.05) is 43.2 Å². The monoisotopic (exact) mass is 337 g/mol. The summed E-state index contributed by atoms with van der Waals surface area (Å²) >= 11 is 0. The van der Waals surface area contributed by atoms with Crippen molar-refractivity contribution in [2.45, 2.75) is 38.0 Å². The molecule has 0 bridgehead atoms. The van der Waals surface area contributed by atoms with Gasteiger partial charge >= 0.3 is 0 Å². The Kier molecular flexibility index (Phi) is 4.30. The van der Waals surface area contributed by atoms with E-state index in [9.17, 15) is 9.90 Å². The highest BCUT2D eigenvalue weighted by Crippen LogP contribution is 2.39. The minimum atomic E-state index is -0.174. The van der Waals surface area contributed by atoms with Crippen molar-refractivity contribution < 1.29 is 9.90 Å². The van der Waals surface area contributed by atoms with Gasteiger partial charge in [0.1, 0.15) is 5.75 Å². The Bertz CT molecular complexity index is 799. The number of aromatic hydroxyl groups is 1. The maximum atomic E-state index is 12.5. The van der Waals surface area contributed by atoms with Gasteiger partial charge in [-0.05, 0) is 50.3 Å². The Hall–Kier alpha value is -2.56. The van der Waals surface area contributed by atoms with Crippen LogP contribution in [0.2, 0.25) is 0 Å². The molecule has 1 N–H and O–H groups in total. The predicted molar refractivity (Wildman–Crippen MR) is 96.1 cm³/mol. The number of rotatable bonds is 5. The molecule has 0 amide bonds. The lowest BCUT2D eigenvalue weighted by Crippen LogP contribution is -2.24. The van der Waals surface area contributed by atoms with Gasteiger partial charge in [0.15, 0.2) is 5.78 Å². The number of carbonyl (C=O) groups excluding carboxylic acids is 1. The lowest BCUT2D eigenvalue weighted by atomic mass is 10.1. The standard InChI is InChI=1S/C20H23N3O2/c24-19-7-6-16(23-13-18(21-14-23)15-4-5-15)12-17(19)20(25)8-11-22-9-2-1-3-10-22/h6-8,11-15,24H,1-5,9-10H2/b11-8+. The molecule has 2 fully saturated rings. The average Bonchev–Trinajstić information content (AvgIpc) is 3.38. The van der Waals surface area contributed by atoms with E-state index >= 15 is 0 Å². The Labute approximate surface area is 147 Å². The zero-order valence-corrected chi connectivity index (χ0v) is 14.3.